The summed E-state index contributed by atoms with van der Waals surface area (Å²) in [7, 11) is 4.37. The summed E-state index contributed by atoms with van der Waals surface area (Å²) >= 11 is 0. The van der Waals surface area contributed by atoms with Gasteiger partial charge in [-0.05, 0) is 19.8 Å². The number of fused-ring (bicyclic) bond motifs is 1. The number of nitrogens with zero attached hydrogens (tertiary/aromatic N) is 4. The number of nitrogens with one attached hydrogen (secondary N) is 1. The molecule has 0 aromatic carbocycles. The molecule has 10 nitrogen and oxygen atoms in total. The second kappa shape index (κ2) is 8.16. The fourth-order valence-corrected chi connectivity index (χ4v) is 4.44. The van der Waals surface area contributed by atoms with Gasteiger partial charge in [0.05, 0.1) is 43.1 Å². The Morgan fingerprint density at radius 2 is 2.03 bits per heavy atom. The Labute approximate surface area is 179 Å². The number of esters is 2. The van der Waals surface area contributed by atoms with Crippen molar-refractivity contribution in [3.05, 3.63) is 17.5 Å². The van der Waals surface area contributed by atoms with Gasteiger partial charge in [0.25, 0.3) is 0 Å². The van der Waals surface area contributed by atoms with Gasteiger partial charge in [-0.3, -0.25) is 9.48 Å². The maximum Gasteiger partial charge on any atom is 0.354 e. The third kappa shape index (κ3) is 3.70. The standard InChI is InChI=1S/C21H27N5O5/c1-12-17-18(23-13-7-5-6-8-13)14(11-22-19(17)26(2)24-12)15-9-21(31-25-15,20(28)30-4)10-16(27)29-3/h11,13H,5-10H2,1-4H3,(H,22,23). The van der Waals surface area contributed by atoms with Crippen molar-refractivity contribution >= 4 is 34.4 Å². The summed E-state index contributed by atoms with van der Waals surface area (Å²) in [6, 6.07) is 0.340. The predicted molar refractivity (Wildman–Crippen MR) is 113 cm³/mol. The lowest BCUT2D eigenvalue weighted by molar-refractivity contribution is -0.173. The van der Waals surface area contributed by atoms with Crippen LogP contribution < -0.4 is 5.32 Å². The van der Waals surface area contributed by atoms with Crippen molar-refractivity contribution in [2.75, 3.05) is 19.5 Å². The summed E-state index contributed by atoms with van der Waals surface area (Å²) < 4.78 is 11.4. The molecule has 0 spiro atoms. The van der Waals surface area contributed by atoms with E-state index in [9.17, 15) is 9.59 Å². The SMILES string of the molecule is COC(=O)CC1(C(=O)OC)CC(c2cnc3c(c(C)nn3C)c2NC2CCCC2)=NO1. The summed E-state index contributed by atoms with van der Waals surface area (Å²) in [5.74, 6) is -1.25. The zero-order valence-electron chi connectivity index (χ0n) is 18.2. The van der Waals surface area contributed by atoms with E-state index in [0.717, 1.165) is 40.8 Å². The van der Waals surface area contributed by atoms with Crippen LogP contribution in [0.5, 0.6) is 0 Å². The Balaban J connectivity index is 1.76. The summed E-state index contributed by atoms with van der Waals surface area (Å²) in [5, 5.41) is 13.3. The van der Waals surface area contributed by atoms with E-state index in [-0.39, 0.29) is 12.8 Å². The summed E-state index contributed by atoms with van der Waals surface area (Å²) in [6.07, 6.45) is 6.02. The van der Waals surface area contributed by atoms with Gasteiger partial charge in [0.15, 0.2) is 5.65 Å². The number of hydrogen-bond acceptors (Lipinski definition) is 9. The smallest absolute Gasteiger partial charge is 0.354 e. The Kier molecular flexibility index (Phi) is 5.55. The summed E-state index contributed by atoms with van der Waals surface area (Å²) in [5.41, 5.74) is 2.18. The van der Waals surface area contributed by atoms with Gasteiger partial charge < -0.3 is 19.6 Å². The van der Waals surface area contributed by atoms with Gasteiger partial charge in [-0.15, -0.1) is 0 Å². The molecule has 1 aliphatic heterocycles. The van der Waals surface area contributed by atoms with E-state index in [0.29, 0.717) is 11.8 Å². The highest BCUT2D eigenvalue weighted by Crippen LogP contribution is 2.37. The first-order chi connectivity index (χ1) is 14.9. The molecule has 0 amide bonds. The maximum atomic E-state index is 12.5. The van der Waals surface area contributed by atoms with Crippen LogP contribution in [0.1, 0.15) is 49.8 Å². The van der Waals surface area contributed by atoms with Crippen molar-refractivity contribution in [2.24, 2.45) is 12.2 Å². The molecule has 4 rings (SSSR count). The van der Waals surface area contributed by atoms with Crippen LogP contribution >= 0.6 is 0 Å². The molecule has 1 N–H and O–H groups in total. The fraction of sp³-hybridized carbons (Fsp3) is 0.571. The first kappa shape index (κ1) is 21.1. The van der Waals surface area contributed by atoms with E-state index in [4.69, 9.17) is 14.3 Å². The van der Waals surface area contributed by atoms with Gasteiger partial charge in [0.2, 0.25) is 5.60 Å². The number of rotatable bonds is 6. The van der Waals surface area contributed by atoms with Crippen LogP contribution in [0.25, 0.3) is 11.0 Å². The van der Waals surface area contributed by atoms with Crippen LogP contribution in [0, 0.1) is 6.92 Å². The molecule has 0 saturated heterocycles. The molecule has 10 heteroatoms. The molecule has 0 bridgehead atoms. The molecule has 2 aliphatic rings. The van der Waals surface area contributed by atoms with Crippen molar-refractivity contribution in [3.63, 3.8) is 0 Å². The Hall–Kier alpha value is -3.17. The second-order valence-electron chi connectivity index (χ2n) is 8.13. The molecule has 1 atom stereocenters. The van der Waals surface area contributed by atoms with E-state index in [1.54, 1.807) is 10.9 Å². The van der Waals surface area contributed by atoms with Crippen molar-refractivity contribution in [3.8, 4) is 0 Å². The largest absolute Gasteiger partial charge is 0.469 e. The van der Waals surface area contributed by atoms with Crippen LogP contribution in [0.15, 0.2) is 11.4 Å². The second-order valence-corrected chi connectivity index (χ2v) is 8.13. The van der Waals surface area contributed by atoms with Gasteiger partial charge in [0, 0.05) is 31.3 Å². The number of carbonyl (C=O) groups excluding carboxylic acids is 2. The minimum absolute atomic E-state index is 0.0701. The van der Waals surface area contributed by atoms with Crippen LogP contribution in [0.2, 0.25) is 0 Å². The molecule has 1 saturated carbocycles. The predicted octanol–water partition coefficient (Wildman–Crippen LogP) is 2.23. The monoisotopic (exact) mass is 429 g/mol. The molecule has 1 fully saturated rings. The van der Waals surface area contributed by atoms with E-state index in [2.05, 4.69) is 20.6 Å². The average Bonchev–Trinajstić information content (AvgIpc) is 3.48. The molecule has 166 valence electrons. The third-order valence-corrected chi connectivity index (χ3v) is 6.04. The number of hydrogen-bond donors (Lipinski definition) is 1. The summed E-state index contributed by atoms with van der Waals surface area (Å²) in [4.78, 5) is 34.6. The lowest BCUT2D eigenvalue weighted by atomic mass is 9.90. The van der Waals surface area contributed by atoms with Crippen molar-refractivity contribution in [1.82, 2.24) is 14.8 Å². The fourth-order valence-electron chi connectivity index (χ4n) is 4.44. The number of aryl methyl sites for hydroxylation is 2. The van der Waals surface area contributed by atoms with Crippen LogP contribution in [-0.2, 0) is 30.9 Å². The quantitative estimate of drug-likeness (QED) is 0.695. The minimum Gasteiger partial charge on any atom is -0.469 e. The number of aromatic nitrogens is 3. The number of anilines is 1. The van der Waals surface area contributed by atoms with Gasteiger partial charge >= 0.3 is 11.9 Å². The molecule has 1 unspecified atom stereocenters. The highest BCUT2D eigenvalue weighted by Gasteiger charge is 2.50. The zero-order chi connectivity index (χ0) is 22.2. The van der Waals surface area contributed by atoms with E-state index < -0.39 is 17.5 Å². The lowest BCUT2D eigenvalue weighted by Gasteiger charge is -2.22. The minimum atomic E-state index is -1.55. The Bertz CT molecular complexity index is 1060. The highest BCUT2D eigenvalue weighted by molar-refractivity contribution is 6.13. The molecular weight excluding hydrogens is 402 g/mol. The van der Waals surface area contributed by atoms with Crippen molar-refractivity contribution in [1.29, 1.82) is 0 Å². The highest BCUT2D eigenvalue weighted by atomic mass is 16.7. The first-order valence-electron chi connectivity index (χ1n) is 10.4. The number of ether oxygens (including phenoxy) is 2. The molecule has 31 heavy (non-hydrogen) atoms. The maximum absolute atomic E-state index is 12.5. The van der Waals surface area contributed by atoms with Crippen molar-refractivity contribution < 1.29 is 23.9 Å². The van der Waals surface area contributed by atoms with Crippen LogP contribution in [0.4, 0.5) is 5.69 Å². The molecule has 3 heterocycles. The topological polar surface area (TPSA) is 117 Å². The first-order valence-corrected chi connectivity index (χ1v) is 10.4. The van der Waals surface area contributed by atoms with Crippen LogP contribution in [0.3, 0.4) is 0 Å². The normalized spacial score (nSPS) is 21.1. The number of pyridine rings is 1. The third-order valence-electron chi connectivity index (χ3n) is 6.04. The molecule has 2 aromatic rings. The lowest BCUT2D eigenvalue weighted by Crippen LogP contribution is -2.42. The number of methoxy groups -OCH3 is 2. The van der Waals surface area contributed by atoms with E-state index >= 15 is 0 Å². The number of carbonyl (C=O) groups is 2. The van der Waals surface area contributed by atoms with E-state index in [1.165, 1.54) is 27.1 Å². The van der Waals surface area contributed by atoms with E-state index in [1.807, 2.05) is 14.0 Å². The van der Waals surface area contributed by atoms with Gasteiger partial charge in [-0.2, -0.15) is 5.10 Å². The van der Waals surface area contributed by atoms with Crippen LogP contribution in [-0.4, -0.2) is 58.3 Å². The van der Waals surface area contributed by atoms with Gasteiger partial charge in [-0.25, -0.2) is 9.78 Å². The zero-order valence-corrected chi connectivity index (χ0v) is 18.2. The van der Waals surface area contributed by atoms with Crippen molar-refractivity contribution in [2.45, 2.75) is 57.1 Å². The average molecular weight is 429 g/mol. The molecule has 2 aromatic heterocycles. The molecular formula is C21H27N5O5. The molecule has 1 aliphatic carbocycles. The number of oxime groups is 1. The Morgan fingerprint density at radius 3 is 2.71 bits per heavy atom. The Morgan fingerprint density at radius 1 is 1.29 bits per heavy atom. The summed E-state index contributed by atoms with van der Waals surface area (Å²) in [6.45, 7) is 1.94. The molecule has 0 radical (unpaired) electrons. The van der Waals surface area contributed by atoms with Gasteiger partial charge in [0.1, 0.15) is 0 Å². The van der Waals surface area contributed by atoms with Gasteiger partial charge in [-0.1, -0.05) is 18.0 Å².